The van der Waals surface area contributed by atoms with Crippen LogP contribution in [0.3, 0.4) is 0 Å². The van der Waals surface area contributed by atoms with E-state index in [0.717, 1.165) is 25.7 Å². The van der Waals surface area contributed by atoms with Crippen molar-refractivity contribution in [2.75, 3.05) is 6.61 Å². The molecule has 1 N–H and O–H groups in total. The minimum atomic E-state index is -1.18. The lowest BCUT2D eigenvalue weighted by atomic mass is 10.0. The maximum Gasteiger partial charge on any atom is 0.339 e. The van der Waals surface area contributed by atoms with Crippen LogP contribution in [0.1, 0.15) is 51.2 Å². The number of benzene rings is 1. The molecule has 0 saturated heterocycles. The Morgan fingerprint density at radius 2 is 1.95 bits per heavy atom. The number of carbonyl (C=O) groups is 1. The summed E-state index contributed by atoms with van der Waals surface area (Å²) < 4.78 is 5.22. The van der Waals surface area contributed by atoms with E-state index in [-0.39, 0.29) is 0 Å². The minimum absolute atomic E-state index is 0.395. The molecule has 0 saturated carbocycles. The largest absolute Gasteiger partial charge is 0.463 e. The standard InChI is InChI=1S/C16H24O3/c1-3-5-9-13(4-2)12-19-16(18)15(17)14-10-7-6-8-11-14/h6-8,10-11,13,15,17H,3-5,9,12H2,1-2H3. The van der Waals surface area contributed by atoms with E-state index in [2.05, 4.69) is 13.8 Å². The molecule has 0 aromatic heterocycles. The van der Waals surface area contributed by atoms with Crippen LogP contribution in [0.5, 0.6) is 0 Å². The zero-order valence-corrected chi connectivity index (χ0v) is 11.8. The van der Waals surface area contributed by atoms with Crippen molar-refractivity contribution in [2.24, 2.45) is 5.92 Å². The van der Waals surface area contributed by atoms with Gasteiger partial charge in [0.15, 0.2) is 6.10 Å². The van der Waals surface area contributed by atoms with Crippen molar-refractivity contribution in [1.82, 2.24) is 0 Å². The lowest BCUT2D eigenvalue weighted by Gasteiger charge is -2.16. The summed E-state index contributed by atoms with van der Waals surface area (Å²) in [5.41, 5.74) is 0.578. The van der Waals surface area contributed by atoms with Gasteiger partial charge in [-0.25, -0.2) is 4.79 Å². The third kappa shape index (κ3) is 5.43. The molecule has 2 atom stereocenters. The molecular weight excluding hydrogens is 240 g/mol. The number of esters is 1. The third-order valence-corrected chi connectivity index (χ3v) is 3.34. The molecule has 0 amide bonds. The van der Waals surface area contributed by atoms with Gasteiger partial charge in [-0.1, -0.05) is 63.4 Å². The molecule has 0 fully saturated rings. The lowest BCUT2D eigenvalue weighted by molar-refractivity contribution is -0.155. The SMILES string of the molecule is CCCCC(CC)COC(=O)C(O)c1ccccc1. The fraction of sp³-hybridized carbons (Fsp3) is 0.562. The molecule has 0 aliphatic heterocycles. The van der Waals surface area contributed by atoms with Crippen molar-refractivity contribution in [1.29, 1.82) is 0 Å². The van der Waals surface area contributed by atoms with E-state index < -0.39 is 12.1 Å². The summed E-state index contributed by atoms with van der Waals surface area (Å²) in [6, 6.07) is 8.88. The number of aliphatic hydroxyl groups excluding tert-OH is 1. The van der Waals surface area contributed by atoms with Gasteiger partial charge in [0.25, 0.3) is 0 Å². The molecule has 106 valence electrons. The second kappa shape index (κ2) is 8.70. The summed E-state index contributed by atoms with van der Waals surface area (Å²) in [7, 11) is 0. The molecule has 0 radical (unpaired) electrons. The Morgan fingerprint density at radius 3 is 2.53 bits per heavy atom. The van der Waals surface area contributed by atoms with Gasteiger partial charge in [0.05, 0.1) is 6.61 Å². The van der Waals surface area contributed by atoms with Gasteiger partial charge in [-0.3, -0.25) is 0 Å². The maximum absolute atomic E-state index is 11.8. The van der Waals surface area contributed by atoms with Gasteiger partial charge in [-0.15, -0.1) is 0 Å². The van der Waals surface area contributed by atoms with Gasteiger partial charge in [0, 0.05) is 0 Å². The van der Waals surface area contributed by atoms with Gasteiger partial charge >= 0.3 is 5.97 Å². The Labute approximate surface area is 115 Å². The molecule has 19 heavy (non-hydrogen) atoms. The topological polar surface area (TPSA) is 46.5 Å². The van der Waals surface area contributed by atoms with Crippen LogP contribution in [0.4, 0.5) is 0 Å². The molecule has 2 unspecified atom stereocenters. The van der Waals surface area contributed by atoms with E-state index in [1.165, 1.54) is 0 Å². The molecule has 0 aliphatic rings. The molecule has 1 aromatic rings. The fourth-order valence-corrected chi connectivity index (χ4v) is 1.95. The van der Waals surface area contributed by atoms with Crippen molar-refractivity contribution in [2.45, 2.75) is 45.6 Å². The number of aliphatic hydroxyl groups is 1. The van der Waals surface area contributed by atoms with Gasteiger partial charge in [0.1, 0.15) is 0 Å². The summed E-state index contributed by atoms with van der Waals surface area (Å²) in [4.78, 5) is 11.8. The van der Waals surface area contributed by atoms with Crippen molar-refractivity contribution in [3.05, 3.63) is 35.9 Å². The molecule has 0 heterocycles. The molecule has 0 spiro atoms. The maximum atomic E-state index is 11.8. The van der Waals surface area contributed by atoms with E-state index in [1.54, 1.807) is 24.3 Å². The molecule has 0 bridgehead atoms. The number of ether oxygens (including phenoxy) is 1. The monoisotopic (exact) mass is 264 g/mol. The molecule has 3 heteroatoms. The van der Waals surface area contributed by atoms with Crippen LogP contribution >= 0.6 is 0 Å². The smallest absolute Gasteiger partial charge is 0.339 e. The van der Waals surface area contributed by atoms with Crippen LogP contribution in [0.15, 0.2) is 30.3 Å². The first-order chi connectivity index (χ1) is 9.19. The second-order valence-corrected chi connectivity index (χ2v) is 4.86. The first-order valence-electron chi connectivity index (χ1n) is 7.08. The predicted octanol–water partition coefficient (Wildman–Crippen LogP) is 3.48. The number of unbranched alkanes of at least 4 members (excludes halogenated alkanes) is 1. The van der Waals surface area contributed by atoms with E-state index in [0.29, 0.717) is 18.1 Å². The normalized spacial score (nSPS) is 13.8. The van der Waals surface area contributed by atoms with E-state index in [4.69, 9.17) is 4.74 Å². The second-order valence-electron chi connectivity index (χ2n) is 4.86. The van der Waals surface area contributed by atoms with Crippen molar-refractivity contribution >= 4 is 5.97 Å². The Morgan fingerprint density at radius 1 is 1.26 bits per heavy atom. The van der Waals surface area contributed by atoms with E-state index in [1.807, 2.05) is 6.07 Å². The average molecular weight is 264 g/mol. The van der Waals surface area contributed by atoms with Crippen LogP contribution in [0.25, 0.3) is 0 Å². The number of carbonyl (C=O) groups excluding carboxylic acids is 1. The zero-order valence-electron chi connectivity index (χ0n) is 11.8. The average Bonchev–Trinajstić information content (AvgIpc) is 2.47. The number of rotatable bonds is 8. The quantitative estimate of drug-likeness (QED) is 0.731. The molecule has 1 aromatic carbocycles. The van der Waals surface area contributed by atoms with Crippen LogP contribution in [0.2, 0.25) is 0 Å². The molecule has 1 rings (SSSR count). The highest BCUT2D eigenvalue weighted by atomic mass is 16.5. The fourth-order valence-electron chi connectivity index (χ4n) is 1.95. The van der Waals surface area contributed by atoms with E-state index in [9.17, 15) is 9.90 Å². The number of hydrogen-bond acceptors (Lipinski definition) is 3. The van der Waals surface area contributed by atoms with Crippen LogP contribution in [-0.4, -0.2) is 17.7 Å². The predicted molar refractivity (Wildman–Crippen MR) is 75.7 cm³/mol. The first kappa shape index (κ1) is 15.7. The highest BCUT2D eigenvalue weighted by Gasteiger charge is 2.19. The summed E-state index contributed by atoms with van der Waals surface area (Å²) in [5, 5.41) is 9.88. The van der Waals surface area contributed by atoms with Gasteiger partial charge in [-0.2, -0.15) is 0 Å². The zero-order chi connectivity index (χ0) is 14.1. The molecular formula is C16H24O3. The Bertz CT molecular complexity index is 362. The van der Waals surface area contributed by atoms with Gasteiger partial charge in [-0.05, 0) is 17.9 Å². The highest BCUT2D eigenvalue weighted by molar-refractivity contribution is 5.76. The first-order valence-corrected chi connectivity index (χ1v) is 7.08. The van der Waals surface area contributed by atoms with Crippen LogP contribution in [-0.2, 0) is 9.53 Å². The van der Waals surface area contributed by atoms with E-state index >= 15 is 0 Å². The summed E-state index contributed by atoms with van der Waals surface area (Å²) in [6.07, 6.45) is 3.19. The molecule has 3 nitrogen and oxygen atoms in total. The van der Waals surface area contributed by atoms with Crippen LogP contribution in [0, 0.1) is 5.92 Å². The van der Waals surface area contributed by atoms with Gasteiger partial charge in [0.2, 0.25) is 0 Å². The minimum Gasteiger partial charge on any atom is -0.463 e. The Kier molecular flexibility index (Phi) is 7.19. The Balaban J connectivity index is 2.42. The van der Waals surface area contributed by atoms with Crippen LogP contribution < -0.4 is 0 Å². The highest BCUT2D eigenvalue weighted by Crippen LogP contribution is 2.17. The van der Waals surface area contributed by atoms with Gasteiger partial charge < -0.3 is 9.84 Å². The van der Waals surface area contributed by atoms with Crippen molar-refractivity contribution in [3.8, 4) is 0 Å². The van der Waals surface area contributed by atoms with Crippen molar-refractivity contribution in [3.63, 3.8) is 0 Å². The Hall–Kier alpha value is -1.35. The molecule has 0 aliphatic carbocycles. The summed E-state index contributed by atoms with van der Waals surface area (Å²) in [5.74, 6) is -0.159. The number of hydrogen-bond donors (Lipinski definition) is 1. The summed E-state index contributed by atoms with van der Waals surface area (Å²) >= 11 is 0. The summed E-state index contributed by atoms with van der Waals surface area (Å²) in [6.45, 7) is 4.65. The third-order valence-electron chi connectivity index (χ3n) is 3.34. The lowest BCUT2D eigenvalue weighted by Crippen LogP contribution is -2.19. The van der Waals surface area contributed by atoms with Crippen molar-refractivity contribution < 1.29 is 14.6 Å².